The van der Waals surface area contributed by atoms with Gasteiger partial charge in [-0.2, -0.15) is 0 Å². The van der Waals surface area contributed by atoms with Crippen molar-refractivity contribution in [2.45, 2.75) is 38.4 Å². The summed E-state index contributed by atoms with van der Waals surface area (Å²) < 4.78 is 5.05. The van der Waals surface area contributed by atoms with Crippen molar-refractivity contribution >= 4 is 5.97 Å². The molecule has 0 bridgehead atoms. The molecule has 0 aromatic heterocycles. The first-order chi connectivity index (χ1) is 5.78. The summed E-state index contributed by atoms with van der Waals surface area (Å²) in [5.74, 6) is -0.972. The zero-order valence-corrected chi connectivity index (χ0v) is 8.20. The van der Waals surface area contributed by atoms with E-state index in [2.05, 4.69) is 0 Å². The first kappa shape index (κ1) is 10.5. The van der Waals surface area contributed by atoms with Crippen LogP contribution in [-0.4, -0.2) is 34.0 Å². The Labute approximate surface area is 77.5 Å². The number of ether oxygens (including phenoxy) is 1. The Balaban J connectivity index is 2.45. The topological polar surface area (TPSA) is 66.8 Å². The molecule has 0 aromatic rings. The molecular weight excluding hydrogens is 172 g/mol. The summed E-state index contributed by atoms with van der Waals surface area (Å²) in [5, 5.41) is 18.1. The van der Waals surface area contributed by atoms with Gasteiger partial charge >= 0.3 is 5.97 Å². The fourth-order valence-corrected chi connectivity index (χ4v) is 1.14. The number of esters is 1. The van der Waals surface area contributed by atoms with Gasteiger partial charge in [0.15, 0.2) is 0 Å². The van der Waals surface area contributed by atoms with Crippen LogP contribution in [0.1, 0.15) is 27.2 Å². The lowest BCUT2D eigenvalue weighted by Crippen LogP contribution is -2.29. The highest BCUT2D eigenvalue weighted by molar-refractivity contribution is 5.78. The SMILES string of the molecule is CC(C)(C)OC(=O)C1CC1(O)CO. The van der Waals surface area contributed by atoms with E-state index in [9.17, 15) is 9.90 Å². The van der Waals surface area contributed by atoms with Gasteiger partial charge in [0.05, 0.1) is 12.5 Å². The van der Waals surface area contributed by atoms with E-state index < -0.39 is 23.1 Å². The van der Waals surface area contributed by atoms with Gasteiger partial charge in [0, 0.05) is 0 Å². The number of hydrogen-bond acceptors (Lipinski definition) is 4. The number of carbonyl (C=O) groups is 1. The maximum Gasteiger partial charge on any atom is 0.312 e. The summed E-state index contributed by atoms with van der Waals surface area (Å²) in [6.07, 6.45) is 0.304. The standard InChI is InChI=1S/C9H16O4/c1-8(2,3)13-7(11)6-4-9(6,12)5-10/h6,10,12H,4-5H2,1-3H3. The van der Waals surface area contributed by atoms with Crippen LogP contribution in [0.3, 0.4) is 0 Å². The van der Waals surface area contributed by atoms with Gasteiger partial charge in [0.25, 0.3) is 0 Å². The van der Waals surface area contributed by atoms with Gasteiger partial charge in [-0.25, -0.2) is 0 Å². The molecule has 1 aliphatic carbocycles. The molecule has 0 spiro atoms. The Morgan fingerprint density at radius 3 is 2.46 bits per heavy atom. The highest BCUT2D eigenvalue weighted by Gasteiger charge is 2.58. The minimum absolute atomic E-state index is 0.304. The Hall–Kier alpha value is -0.610. The first-order valence-electron chi connectivity index (χ1n) is 4.34. The van der Waals surface area contributed by atoms with Crippen molar-refractivity contribution in [1.82, 2.24) is 0 Å². The molecule has 0 heterocycles. The molecule has 0 aromatic carbocycles. The molecule has 0 aliphatic heterocycles. The van der Waals surface area contributed by atoms with Gasteiger partial charge in [0.2, 0.25) is 0 Å². The second-order valence-electron chi connectivity index (χ2n) is 4.55. The third-order valence-corrected chi connectivity index (χ3v) is 2.01. The number of aliphatic hydroxyl groups excluding tert-OH is 1. The molecule has 0 radical (unpaired) electrons. The van der Waals surface area contributed by atoms with Crippen molar-refractivity contribution in [2.75, 3.05) is 6.61 Å². The van der Waals surface area contributed by atoms with Crippen LogP contribution in [-0.2, 0) is 9.53 Å². The van der Waals surface area contributed by atoms with Gasteiger partial charge in [-0.05, 0) is 27.2 Å². The lowest BCUT2D eigenvalue weighted by atomic mass is 10.2. The summed E-state index contributed by atoms with van der Waals surface area (Å²) in [4.78, 5) is 11.3. The molecule has 1 fully saturated rings. The summed E-state index contributed by atoms with van der Waals surface area (Å²) in [6.45, 7) is 4.93. The summed E-state index contributed by atoms with van der Waals surface area (Å²) >= 11 is 0. The van der Waals surface area contributed by atoms with E-state index in [0.717, 1.165) is 0 Å². The van der Waals surface area contributed by atoms with Crippen LogP contribution in [0.25, 0.3) is 0 Å². The highest BCUT2D eigenvalue weighted by Crippen LogP contribution is 2.44. The largest absolute Gasteiger partial charge is 0.460 e. The van der Waals surface area contributed by atoms with E-state index in [1.807, 2.05) is 0 Å². The van der Waals surface area contributed by atoms with E-state index in [1.165, 1.54) is 0 Å². The minimum atomic E-state index is -1.22. The first-order valence-corrected chi connectivity index (χ1v) is 4.34. The molecule has 0 amide bonds. The Kier molecular flexibility index (Phi) is 2.38. The van der Waals surface area contributed by atoms with Crippen LogP contribution in [0.5, 0.6) is 0 Å². The smallest absolute Gasteiger partial charge is 0.312 e. The second kappa shape index (κ2) is 2.96. The van der Waals surface area contributed by atoms with Crippen molar-refractivity contribution in [1.29, 1.82) is 0 Å². The molecule has 2 unspecified atom stereocenters. The molecule has 4 nitrogen and oxygen atoms in total. The average molecular weight is 188 g/mol. The van der Waals surface area contributed by atoms with Crippen LogP contribution in [0.4, 0.5) is 0 Å². The molecule has 2 atom stereocenters. The van der Waals surface area contributed by atoms with Crippen molar-refractivity contribution in [3.63, 3.8) is 0 Å². The van der Waals surface area contributed by atoms with E-state index in [0.29, 0.717) is 6.42 Å². The maximum atomic E-state index is 11.3. The van der Waals surface area contributed by atoms with Crippen molar-refractivity contribution in [3.05, 3.63) is 0 Å². The van der Waals surface area contributed by atoms with Gasteiger partial charge in [-0.15, -0.1) is 0 Å². The minimum Gasteiger partial charge on any atom is -0.460 e. The third kappa shape index (κ3) is 2.42. The summed E-state index contributed by atoms with van der Waals surface area (Å²) in [5.41, 5.74) is -1.75. The summed E-state index contributed by atoms with van der Waals surface area (Å²) in [6, 6.07) is 0. The normalized spacial score (nSPS) is 32.8. The quantitative estimate of drug-likeness (QED) is 0.602. The van der Waals surface area contributed by atoms with Gasteiger partial charge < -0.3 is 14.9 Å². The third-order valence-electron chi connectivity index (χ3n) is 2.01. The Bertz CT molecular complexity index is 218. The average Bonchev–Trinajstić information content (AvgIpc) is 2.60. The number of hydrogen-bond donors (Lipinski definition) is 2. The lowest BCUT2D eigenvalue weighted by molar-refractivity contribution is -0.158. The Morgan fingerprint density at radius 1 is 1.62 bits per heavy atom. The van der Waals surface area contributed by atoms with E-state index in [4.69, 9.17) is 9.84 Å². The zero-order chi connectivity index (χ0) is 10.3. The molecule has 13 heavy (non-hydrogen) atoms. The second-order valence-corrected chi connectivity index (χ2v) is 4.55. The van der Waals surface area contributed by atoms with Gasteiger partial charge in [-0.1, -0.05) is 0 Å². The Morgan fingerprint density at radius 2 is 2.15 bits per heavy atom. The predicted molar refractivity (Wildman–Crippen MR) is 46.0 cm³/mol. The van der Waals surface area contributed by atoms with Crippen LogP contribution in [0, 0.1) is 5.92 Å². The summed E-state index contributed by atoms with van der Waals surface area (Å²) in [7, 11) is 0. The van der Waals surface area contributed by atoms with E-state index in [-0.39, 0.29) is 6.61 Å². The molecule has 1 saturated carbocycles. The maximum absolute atomic E-state index is 11.3. The van der Waals surface area contributed by atoms with Crippen molar-refractivity contribution < 1.29 is 19.7 Å². The fourth-order valence-electron chi connectivity index (χ4n) is 1.14. The van der Waals surface area contributed by atoms with E-state index >= 15 is 0 Å². The molecule has 1 aliphatic rings. The van der Waals surface area contributed by atoms with E-state index in [1.54, 1.807) is 20.8 Å². The predicted octanol–water partition coefficient (Wildman–Crippen LogP) is 0.0714. The monoisotopic (exact) mass is 188 g/mol. The number of rotatable bonds is 2. The molecule has 76 valence electrons. The number of aliphatic hydroxyl groups is 2. The van der Waals surface area contributed by atoms with Crippen LogP contribution in [0.2, 0.25) is 0 Å². The van der Waals surface area contributed by atoms with Crippen LogP contribution >= 0.6 is 0 Å². The molecule has 2 N–H and O–H groups in total. The van der Waals surface area contributed by atoms with Crippen molar-refractivity contribution in [3.8, 4) is 0 Å². The van der Waals surface area contributed by atoms with Crippen molar-refractivity contribution in [2.24, 2.45) is 5.92 Å². The van der Waals surface area contributed by atoms with Gasteiger partial charge in [0.1, 0.15) is 11.2 Å². The lowest BCUT2D eigenvalue weighted by Gasteiger charge is -2.19. The number of carbonyl (C=O) groups excluding carboxylic acids is 1. The van der Waals surface area contributed by atoms with Gasteiger partial charge in [-0.3, -0.25) is 4.79 Å². The highest BCUT2D eigenvalue weighted by atomic mass is 16.6. The fraction of sp³-hybridized carbons (Fsp3) is 0.889. The molecular formula is C9H16O4. The van der Waals surface area contributed by atoms with Crippen LogP contribution < -0.4 is 0 Å². The van der Waals surface area contributed by atoms with Crippen LogP contribution in [0.15, 0.2) is 0 Å². The zero-order valence-electron chi connectivity index (χ0n) is 8.20. The molecule has 4 heteroatoms. The molecule has 0 saturated heterocycles. The molecule has 1 rings (SSSR count).